The van der Waals surface area contributed by atoms with Crippen molar-refractivity contribution in [2.24, 2.45) is 0 Å². The lowest BCUT2D eigenvalue weighted by molar-refractivity contribution is -0.137. The highest BCUT2D eigenvalue weighted by Gasteiger charge is 2.31. The maximum Gasteiger partial charge on any atom is 0.416 e. The number of alkyl halides is 3. The predicted molar refractivity (Wildman–Crippen MR) is 78.8 cm³/mol. The SMILES string of the molecule is Nc1nc2ccccc2c(N)c1-c1cc(C(F)(F)F)ccn1. The molecule has 0 saturated heterocycles. The minimum absolute atomic E-state index is 0.0445. The quantitative estimate of drug-likeness (QED) is 0.721. The van der Waals surface area contributed by atoms with Crippen LogP contribution in [0.25, 0.3) is 22.2 Å². The van der Waals surface area contributed by atoms with Crippen molar-refractivity contribution in [3.63, 3.8) is 0 Å². The van der Waals surface area contributed by atoms with Gasteiger partial charge in [-0.3, -0.25) is 4.98 Å². The van der Waals surface area contributed by atoms with Crippen molar-refractivity contribution in [1.82, 2.24) is 9.97 Å². The molecule has 1 aromatic carbocycles. The number of nitrogens with two attached hydrogens (primary N) is 2. The summed E-state index contributed by atoms with van der Waals surface area (Å²) < 4.78 is 38.5. The first kappa shape index (κ1) is 14.1. The lowest BCUT2D eigenvalue weighted by Crippen LogP contribution is -2.07. The minimum Gasteiger partial charge on any atom is -0.398 e. The summed E-state index contributed by atoms with van der Waals surface area (Å²) in [5, 5.41) is 0.617. The molecule has 112 valence electrons. The van der Waals surface area contributed by atoms with Gasteiger partial charge in [-0.2, -0.15) is 13.2 Å². The van der Waals surface area contributed by atoms with E-state index in [1.165, 1.54) is 0 Å². The van der Waals surface area contributed by atoms with Crippen molar-refractivity contribution in [1.29, 1.82) is 0 Å². The van der Waals surface area contributed by atoms with Crippen molar-refractivity contribution in [2.75, 3.05) is 11.5 Å². The monoisotopic (exact) mass is 304 g/mol. The van der Waals surface area contributed by atoms with Gasteiger partial charge in [0.05, 0.1) is 28.0 Å². The Kier molecular flexibility index (Phi) is 3.13. The van der Waals surface area contributed by atoms with Crippen LogP contribution in [0.4, 0.5) is 24.7 Å². The Hall–Kier alpha value is -2.83. The van der Waals surface area contributed by atoms with E-state index in [0.717, 1.165) is 18.3 Å². The summed E-state index contributed by atoms with van der Waals surface area (Å²) in [7, 11) is 0. The van der Waals surface area contributed by atoms with Gasteiger partial charge < -0.3 is 11.5 Å². The third kappa shape index (κ3) is 2.30. The van der Waals surface area contributed by atoms with Gasteiger partial charge in [-0.05, 0) is 18.2 Å². The largest absolute Gasteiger partial charge is 0.416 e. The topological polar surface area (TPSA) is 77.8 Å². The highest BCUT2D eigenvalue weighted by Crippen LogP contribution is 2.37. The number of hydrogen-bond acceptors (Lipinski definition) is 4. The third-order valence-electron chi connectivity index (χ3n) is 3.30. The second-order valence-corrected chi connectivity index (χ2v) is 4.73. The molecule has 22 heavy (non-hydrogen) atoms. The van der Waals surface area contributed by atoms with Gasteiger partial charge in [-0.25, -0.2) is 4.98 Å². The standard InChI is InChI=1S/C15H11F3N4/c16-15(17,18)8-5-6-21-11(7-8)12-13(19)9-3-1-2-4-10(9)22-14(12)20/h1-7H,(H4,19,20,22). The van der Waals surface area contributed by atoms with Gasteiger partial charge in [0.2, 0.25) is 0 Å². The first-order chi connectivity index (χ1) is 10.4. The Balaban J connectivity index is 2.27. The molecule has 2 aromatic heterocycles. The second kappa shape index (κ2) is 4.87. The van der Waals surface area contributed by atoms with Gasteiger partial charge in [0.25, 0.3) is 0 Å². The van der Waals surface area contributed by atoms with Crippen LogP contribution in [0.5, 0.6) is 0 Å². The Bertz CT molecular complexity index is 859. The second-order valence-electron chi connectivity index (χ2n) is 4.73. The Morgan fingerprint density at radius 3 is 2.45 bits per heavy atom. The van der Waals surface area contributed by atoms with Crippen molar-refractivity contribution < 1.29 is 13.2 Å². The molecule has 0 aliphatic rings. The van der Waals surface area contributed by atoms with E-state index in [0.29, 0.717) is 10.9 Å². The van der Waals surface area contributed by atoms with Crippen LogP contribution in [0.15, 0.2) is 42.6 Å². The van der Waals surface area contributed by atoms with Crippen LogP contribution in [0.3, 0.4) is 0 Å². The third-order valence-corrected chi connectivity index (χ3v) is 3.30. The van der Waals surface area contributed by atoms with Gasteiger partial charge in [0.1, 0.15) is 5.82 Å². The number of benzene rings is 1. The normalized spacial score (nSPS) is 11.8. The molecular weight excluding hydrogens is 293 g/mol. The average molecular weight is 304 g/mol. The maximum absolute atomic E-state index is 12.8. The molecule has 0 unspecified atom stereocenters. The molecule has 0 spiro atoms. The van der Waals surface area contributed by atoms with Gasteiger partial charge in [-0.1, -0.05) is 18.2 Å². The number of para-hydroxylation sites is 1. The van der Waals surface area contributed by atoms with Crippen molar-refractivity contribution in [3.05, 3.63) is 48.2 Å². The molecule has 0 aliphatic heterocycles. The minimum atomic E-state index is -4.47. The van der Waals surface area contributed by atoms with Crippen LogP contribution >= 0.6 is 0 Å². The summed E-state index contributed by atoms with van der Waals surface area (Å²) in [4.78, 5) is 8.13. The predicted octanol–water partition coefficient (Wildman–Crippen LogP) is 3.48. The number of rotatable bonds is 1. The zero-order valence-electron chi connectivity index (χ0n) is 11.2. The molecule has 0 amide bonds. The molecule has 3 aromatic rings. The lowest BCUT2D eigenvalue weighted by Gasteiger charge is -2.13. The van der Waals surface area contributed by atoms with Crippen LogP contribution in [0.2, 0.25) is 0 Å². The maximum atomic E-state index is 12.8. The smallest absolute Gasteiger partial charge is 0.398 e. The average Bonchev–Trinajstić information content (AvgIpc) is 2.47. The Labute approximate surface area is 123 Å². The summed E-state index contributed by atoms with van der Waals surface area (Å²) in [5.41, 5.74) is 12.2. The summed E-state index contributed by atoms with van der Waals surface area (Å²) >= 11 is 0. The van der Waals surface area contributed by atoms with Crippen LogP contribution < -0.4 is 11.5 Å². The summed E-state index contributed by atoms with van der Waals surface area (Å²) in [6.07, 6.45) is -3.39. The van der Waals surface area contributed by atoms with Gasteiger partial charge >= 0.3 is 6.18 Å². The van der Waals surface area contributed by atoms with Gasteiger partial charge in [0.15, 0.2) is 0 Å². The molecule has 4 nitrogen and oxygen atoms in total. The van der Waals surface area contributed by atoms with Crippen molar-refractivity contribution in [3.8, 4) is 11.3 Å². The molecule has 0 fully saturated rings. The number of halogens is 3. The fraction of sp³-hybridized carbons (Fsp3) is 0.0667. The summed E-state index contributed by atoms with van der Waals surface area (Å²) in [6.45, 7) is 0. The number of pyridine rings is 2. The molecule has 0 radical (unpaired) electrons. The molecule has 0 aliphatic carbocycles. The highest BCUT2D eigenvalue weighted by atomic mass is 19.4. The van der Waals surface area contributed by atoms with Crippen LogP contribution in [0, 0.1) is 0 Å². The molecule has 0 saturated carbocycles. The number of fused-ring (bicyclic) bond motifs is 1. The zero-order chi connectivity index (χ0) is 15.9. The molecule has 0 atom stereocenters. The van der Waals surface area contributed by atoms with Crippen LogP contribution in [-0.4, -0.2) is 9.97 Å². The highest BCUT2D eigenvalue weighted by molar-refractivity contribution is 6.01. The van der Waals surface area contributed by atoms with Gasteiger partial charge in [-0.15, -0.1) is 0 Å². The van der Waals surface area contributed by atoms with E-state index in [2.05, 4.69) is 9.97 Å². The van der Waals surface area contributed by atoms with Gasteiger partial charge in [0, 0.05) is 11.6 Å². The number of aromatic nitrogens is 2. The van der Waals surface area contributed by atoms with E-state index in [-0.39, 0.29) is 22.8 Å². The van der Waals surface area contributed by atoms with Crippen LogP contribution in [0.1, 0.15) is 5.56 Å². The van der Waals surface area contributed by atoms with E-state index in [1.54, 1.807) is 24.3 Å². The van der Waals surface area contributed by atoms with Crippen LogP contribution in [-0.2, 0) is 6.18 Å². The Morgan fingerprint density at radius 2 is 1.73 bits per heavy atom. The number of nitrogens with zero attached hydrogens (tertiary/aromatic N) is 2. The Morgan fingerprint density at radius 1 is 1.00 bits per heavy atom. The van der Waals surface area contributed by atoms with Crippen molar-refractivity contribution >= 4 is 22.4 Å². The number of nitrogen functional groups attached to an aromatic ring is 2. The number of hydrogen-bond donors (Lipinski definition) is 2. The molecule has 0 bridgehead atoms. The molecule has 7 heteroatoms. The number of anilines is 2. The van der Waals surface area contributed by atoms with Crippen molar-refractivity contribution in [2.45, 2.75) is 6.18 Å². The summed E-state index contributed by atoms with van der Waals surface area (Å²) in [5.74, 6) is 0.0445. The van der Waals surface area contributed by atoms with E-state index in [4.69, 9.17) is 11.5 Å². The lowest BCUT2D eigenvalue weighted by atomic mass is 10.0. The fourth-order valence-corrected chi connectivity index (χ4v) is 2.27. The van der Waals surface area contributed by atoms with E-state index >= 15 is 0 Å². The fourth-order valence-electron chi connectivity index (χ4n) is 2.27. The molecule has 2 heterocycles. The first-order valence-corrected chi connectivity index (χ1v) is 6.35. The van der Waals surface area contributed by atoms with E-state index < -0.39 is 11.7 Å². The summed E-state index contributed by atoms with van der Waals surface area (Å²) in [6, 6.07) is 8.80. The molecule has 4 N–H and O–H groups in total. The van der Waals surface area contributed by atoms with E-state index in [9.17, 15) is 13.2 Å². The van der Waals surface area contributed by atoms with E-state index in [1.807, 2.05) is 0 Å². The first-order valence-electron chi connectivity index (χ1n) is 6.35. The molecular formula is C15H11F3N4. The molecule has 3 rings (SSSR count). The zero-order valence-corrected chi connectivity index (χ0v) is 11.2.